The number of hydrogen-bond acceptors (Lipinski definition) is 6. The van der Waals surface area contributed by atoms with Crippen LogP contribution in [0.5, 0.6) is 0 Å². The maximum atomic E-state index is 9.23. The van der Waals surface area contributed by atoms with Crippen LogP contribution in [0.3, 0.4) is 0 Å². The largest absolute Gasteiger partial charge is 0.411 e. The molecule has 0 aliphatic heterocycles. The minimum absolute atomic E-state index is 0.738. The zero-order valence-corrected chi connectivity index (χ0v) is 18.0. The second-order valence-corrected chi connectivity index (χ2v) is 8.11. The summed E-state index contributed by atoms with van der Waals surface area (Å²) < 4.78 is 4.04. The fourth-order valence-electron chi connectivity index (χ4n) is 4.42. The number of aryl methyl sites for hydroxylation is 2. The molecule has 1 aliphatic carbocycles. The summed E-state index contributed by atoms with van der Waals surface area (Å²) in [5.41, 5.74) is 7.46. The number of hydrogen-bond donors (Lipinski definition) is 2. The number of nitrogens with zero attached hydrogens (tertiary/aromatic N) is 6. The number of oxime groups is 1. The number of fused-ring (bicyclic) bond motifs is 2. The van der Waals surface area contributed by atoms with E-state index in [2.05, 4.69) is 39.5 Å². The smallest absolute Gasteiger partial charge is 0.157 e. The van der Waals surface area contributed by atoms with E-state index in [1.807, 2.05) is 57.9 Å². The molecule has 0 atom stereocenters. The van der Waals surface area contributed by atoms with Crippen LogP contribution >= 0.6 is 0 Å². The van der Waals surface area contributed by atoms with E-state index in [9.17, 15) is 5.21 Å². The summed E-state index contributed by atoms with van der Waals surface area (Å²) in [6.45, 7) is 2.05. The molecule has 0 bridgehead atoms. The summed E-state index contributed by atoms with van der Waals surface area (Å²) >= 11 is 0. The number of anilines is 2. The van der Waals surface area contributed by atoms with Gasteiger partial charge >= 0.3 is 0 Å². The fraction of sp³-hybridized carbons (Fsp3) is 0.120. The zero-order chi connectivity index (χ0) is 22.4. The van der Waals surface area contributed by atoms with Crippen LogP contribution in [-0.4, -0.2) is 34.8 Å². The molecule has 1 aromatic carbocycles. The number of benzene rings is 1. The van der Waals surface area contributed by atoms with Crippen molar-refractivity contribution in [3.8, 4) is 17.2 Å². The SMILES string of the molecule is Cc1ccnc(-n2cccc2-c2nc3cnccn3c2Nc2ccc3c(c2)CC/C3=N\O)c1. The van der Waals surface area contributed by atoms with Gasteiger partial charge in [-0.3, -0.25) is 14.0 Å². The highest BCUT2D eigenvalue weighted by atomic mass is 16.4. The lowest BCUT2D eigenvalue weighted by molar-refractivity contribution is 0.318. The molecule has 0 saturated heterocycles. The first-order chi connectivity index (χ1) is 16.2. The normalized spacial score (nSPS) is 14.2. The Balaban J connectivity index is 1.48. The van der Waals surface area contributed by atoms with Crippen molar-refractivity contribution in [2.75, 3.05) is 5.32 Å². The number of pyridine rings is 1. The topological polar surface area (TPSA) is 92.6 Å². The second kappa shape index (κ2) is 7.59. The van der Waals surface area contributed by atoms with Gasteiger partial charge in [-0.1, -0.05) is 11.2 Å². The lowest BCUT2D eigenvalue weighted by Crippen LogP contribution is -2.02. The molecular formula is C25H21N7O. The van der Waals surface area contributed by atoms with Crippen molar-refractivity contribution < 1.29 is 5.21 Å². The van der Waals surface area contributed by atoms with Gasteiger partial charge in [0, 0.05) is 36.0 Å². The van der Waals surface area contributed by atoms with Crippen molar-refractivity contribution in [3.05, 3.63) is 90.1 Å². The lowest BCUT2D eigenvalue weighted by Gasteiger charge is -2.12. The van der Waals surface area contributed by atoms with Gasteiger partial charge in [-0.15, -0.1) is 0 Å². The third kappa shape index (κ3) is 3.23. The summed E-state index contributed by atoms with van der Waals surface area (Å²) in [5, 5.41) is 16.2. The molecule has 1 aliphatic rings. The summed E-state index contributed by atoms with van der Waals surface area (Å²) in [5.74, 6) is 1.68. The van der Waals surface area contributed by atoms with Gasteiger partial charge in [-0.25, -0.2) is 9.97 Å². The number of nitrogens with one attached hydrogen (secondary N) is 1. The Morgan fingerprint density at radius 3 is 2.88 bits per heavy atom. The van der Waals surface area contributed by atoms with Crippen LogP contribution < -0.4 is 5.32 Å². The van der Waals surface area contributed by atoms with Gasteiger partial charge in [-0.2, -0.15) is 0 Å². The van der Waals surface area contributed by atoms with Gasteiger partial charge in [0.05, 0.1) is 17.6 Å². The number of imidazole rings is 1. The summed E-state index contributed by atoms with van der Waals surface area (Å²) in [7, 11) is 0. The molecule has 0 amide bonds. The number of rotatable bonds is 4. The highest BCUT2D eigenvalue weighted by molar-refractivity contribution is 6.04. The van der Waals surface area contributed by atoms with E-state index in [0.717, 1.165) is 69.6 Å². The molecule has 2 N–H and O–H groups in total. The molecule has 6 rings (SSSR count). The fourth-order valence-corrected chi connectivity index (χ4v) is 4.42. The van der Waals surface area contributed by atoms with E-state index in [-0.39, 0.29) is 0 Å². The van der Waals surface area contributed by atoms with Crippen LogP contribution in [0.2, 0.25) is 0 Å². The predicted octanol–water partition coefficient (Wildman–Crippen LogP) is 4.76. The van der Waals surface area contributed by atoms with Crippen molar-refractivity contribution in [2.24, 2.45) is 5.16 Å². The highest BCUT2D eigenvalue weighted by Crippen LogP contribution is 2.34. The third-order valence-electron chi connectivity index (χ3n) is 6.00. The van der Waals surface area contributed by atoms with Crippen LogP contribution in [-0.2, 0) is 6.42 Å². The van der Waals surface area contributed by atoms with E-state index in [4.69, 9.17) is 4.98 Å². The molecule has 5 aromatic rings. The molecular weight excluding hydrogens is 414 g/mol. The summed E-state index contributed by atoms with van der Waals surface area (Å²) in [6.07, 6.45) is 10.8. The summed E-state index contributed by atoms with van der Waals surface area (Å²) in [4.78, 5) is 13.7. The van der Waals surface area contributed by atoms with Gasteiger partial charge in [0.25, 0.3) is 0 Å². The van der Waals surface area contributed by atoms with Crippen LogP contribution in [0.25, 0.3) is 22.9 Å². The first-order valence-corrected chi connectivity index (χ1v) is 10.8. The molecule has 8 nitrogen and oxygen atoms in total. The minimum atomic E-state index is 0.738. The molecule has 0 unspecified atom stereocenters. The van der Waals surface area contributed by atoms with E-state index >= 15 is 0 Å². The minimum Gasteiger partial charge on any atom is -0.411 e. The van der Waals surface area contributed by atoms with Crippen molar-refractivity contribution in [3.63, 3.8) is 0 Å². The van der Waals surface area contributed by atoms with Gasteiger partial charge in [0.2, 0.25) is 0 Å². The first kappa shape index (κ1) is 19.2. The average molecular weight is 435 g/mol. The Morgan fingerprint density at radius 2 is 2.00 bits per heavy atom. The molecule has 162 valence electrons. The predicted molar refractivity (Wildman–Crippen MR) is 127 cm³/mol. The molecule has 4 aromatic heterocycles. The Hall–Kier alpha value is -4.46. The van der Waals surface area contributed by atoms with Crippen molar-refractivity contribution >= 4 is 22.9 Å². The van der Waals surface area contributed by atoms with E-state index in [1.165, 1.54) is 0 Å². The molecule has 4 heterocycles. The Morgan fingerprint density at radius 1 is 1.06 bits per heavy atom. The molecule has 0 spiro atoms. The van der Waals surface area contributed by atoms with Crippen LogP contribution in [0.4, 0.5) is 11.5 Å². The van der Waals surface area contributed by atoms with E-state index in [1.54, 1.807) is 12.4 Å². The lowest BCUT2D eigenvalue weighted by atomic mass is 10.1. The second-order valence-electron chi connectivity index (χ2n) is 8.11. The standard InChI is InChI=1S/C25H21N7O/c1-16-8-9-27-22(13-16)31-11-2-3-21(31)24-25(32-12-10-26-15-23(32)29-24)28-18-5-6-19-17(14-18)4-7-20(19)30-33/h2-3,5-6,8-15,28,33H,4,7H2,1H3/b30-20+. The Kier molecular flexibility index (Phi) is 4.43. The van der Waals surface area contributed by atoms with Crippen LogP contribution in [0.1, 0.15) is 23.1 Å². The Bertz CT molecular complexity index is 1530. The molecule has 0 fully saturated rings. The quantitative estimate of drug-likeness (QED) is 0.314. The Labute approximate surface area is 189 Å². The molecule has 0 saturated carbocycles. The maximum absolute atomic E-state index is 9.23. The maximum Gasteiger partial charge on any atom is 0.157 e. The van der Waals surface area contributed by atoms with Crippen LogP contribution in [0, 0.1) is 6.92 Å². The first-order valence-electron chi connectivity index (χ1n) is 10.8. The van der Waals surface area contributed by atoms with Crippen molar-refractivity contribution in [2.45, 2.75) is 19.8 Å². The summed E-state index contributed by atoms with van der Waals surface area (Å²) in [6, 6.07) is 14.2. The number of aromatic nitrogens is 5. The van der Waals surface area contributed by atoms with Gasteiger partial charge < -0.3 is 10.5 Å². The monoisotopic (exact) mass is 435 g/mol. The average Bonchev–Trinajstić information content (AvgIpc) is 3.56. The van der Waals surface area contributed by atoms with E-state index < -0.39 is 0 Å². The van der Waals surface area contributed by atoms with Gasteiger partial charge in [-0.05, 0) is 67.3 Å². The van der Waals surface area contributed by atoms with Gasteiger partial charge in [0.15, 0.2) is 5.65 Å². The van der Waals surface area contributed by atoms with Crippen molar-refractivity contribution in [1.29, 1.82) is 0 Å². The van der Waals surface area contributed by atoms with Crippen LogP contribution in [0.15, 0.2) is 78.6 Å². The molecule has 33 heavy (non-hydrogen) atoms. The van der Waals surface area contributed by atoms with Gasteiger partial charge in [0.1, 0.15) is 17.3 Å². The zero-order valence-electron chi connectivity index (χ0n) is 18.0. The van der Waals surface area contributed by atoms with E-state index in [0.29, 0.717) is 0 Å². The third-order valence-corrected chi connectivity index (χ3v) is 6.00. The molecule has 8 heteroatoms. The molecule has 0 radical (unpaired) electrons. The highest BCUT2D eigenvalue weighted by Gasteiger charge is 2.21. The van der Waals surface area contributed by atoms with Crippen molar-refractivity contribution in [1.82, 2.24) is 23.9 Å².